The summed E-state index contributed by atoms with van der Waals surface area (Å²) in [5, 5.41) is 5.51. The molecule has 0 aliphatic carbocycles. The second-order valence-corrected chi connectivity index (χ2v) is 10.4. The van der Waals surface area contributed by atoms with Crippen LogP contribution in [0.3, 0.4) is 0 Å². The van der Waals surface area contributed by atoms with Crippen LogP contribution in [0.2, 0.25) is 0 Å². The number of halogens is 3. The molecule has 43 heavy (non-hydrogen) atoms. The Morgan fingerprint density at radius 3 is 2.28 bits per heavy atom. The first-order valence-electron chi connectivity index (χ1n) is 14.0. The summed E-state index contributed by atoms with van der Waals surface area (Å²) in [6.07, 6.45) is -4.62. The van der Waals surface area contributed by atoms with Crippen molar-refractivity contribution in [2.24, 2.45) is 0 Å². The third-order valence-corrected chi connectivity index (χ3v) is 7.42. The minimum atomic E-state index is -4.42. The highest BCUT2D eigenvalue weighted by Crippen LogP contribution is 2.32. The van der Waals surface area contributed by atoms with Gasteiger partial charge in [0.2, 0.25) is 17.7 Å². The predicted octanol–water partition coefficient (Wildman–Crippen LogP) is 3.98. The molecule has 2 heterocycles. The minimum absolute atomic E-state index is 0.0463. The van der Waals surface area contributed by atoms with Crippen molar-refractivity contribution in [2.75, 3.05) is 56.0 Å². The number of hydrogen-bond donors (Lipinski definition) is 2. The summed E-state index contributed by atoms with van der Waals surface area (Å²) in [6, 6.07) is 20.4. The molecule has 9 nitrogen and oxygen atoms in total. The molecule has 1 atom stereocenters. The van der Waals surface area contributed by atoms with Gasteiger partial charge in [0.15, 0.2) is 0 Å². The number of amides is 3. The zero-order valence-corrected chi connectivity index (χ0v) is 23.3. The van der Waals surface area contributed by atoms with E-state index in [0.717, 1.165) is 12.1 Å². The minimum Gasteiger partial charge on any atom is -0.457 e. The molecule has 0 saturated carbocycles. The average Bonchev–Trinajstić information content (AvgIpc) is 3.00. The molecule has 0 bridgehead atoms. The topological polar surface area (TPSA) is 94.2 Å². The summed E-state index contributed by atoms with van der Waals surface area (Å²) in [7, 11) is 0. The van der Waals surface area contributed by atoms with Crippen molar-refractivity contribution in [1.29, 1.82) is 0 Å². The normalized spacial score (nSPS) is 17.7. The van der Waals surface area contributed by atoms with E-state index in [-0.39, 0.29) is 32.0 Å². The second-order valence-electron chi connectivity index (χ2n) is 10.4. The van der Waals surface area contributed by atoms with Gasteiger partial charge in [0, 0.05) is 50.6 Å². The van der Waals surface area contributed by atoms with Crippen LogP contribution in [-0.4, -0.2) is 79.4 Å². The van der Waals surface area contributed by atoms with Crippen LogP contribution in [0.25, 0.3) is 0 Å². The molecular formula is C31H32F3N5O4. The molecule has 5 rings (SSSR count). The zero-order valence-electron chi connectivity index (χ0n) is 23.3. The summed E-state index contributed by atoms with van der Waals surface area (Å²) in [6.45, 7) is 2.46. The number of alkyl halides is 3. The number of carbonyl (C=O) groups excluding carboxylic acids is 3. The lowest BCUT2D eigenvalue weighted by Gasteiger charge is -2.39. The number of benzene rings is 3. The van der Waals surface area contributed by atoms with E-state index in [2.05, 4.69) is 10.6 Å². The first-order chi connectivity index (χ1) is 20.7. The molecule has 0 radical (unpaired) electrons. The van der Waals surface area contributed by atoms with Crippen molar-refractivity contribution in [2.45, 2.75) is 18.6 Å². The highest BCUT2D eigenvalue weighted by Gasteiger charge is 2.36. The summed E-state index contributed by atoms with van der Waals surface area (Å²) in [5.74, 6) is 0.206. The van der Waals surface area contributed by atoms with Crippen LogP contribution in [0, 0.1) is 0 Å². The Bertz CT molecular complexity index is 1430. The van der Waals surface area contributed by atoms with Gasteiger partial charge in [-0.25, -0.2) is 0 Å². The molecule has 2 N–H and O–H groups in total. The fourth-order valence-corrected chi connectivity index (χ4v) is 5.16. The van der Waals surface area contributed by atoms with Crippen molar-refractivity contribution in [3.63, 3.8) is 0 Å². The third-order valence-electron chi connectivity index (χ3n) is 7.42. The van der Waals surface area contributed by atoms with Gasteiger partial charge in [-0.2, -0.15) is 13.2 Å². The van der Waals surface area contributed by atoms with Crippen molar-refractivity contribution in [1.82, 2.24) is 15.1 Å². The number of carbonyl (C=O) groups is 3. The number of para-hydroxylation sites is 1. The van der Waals surface area contributed by atoms with E-state index in [4.69, 9.17) is 4.74 Å². The summed E-state index contributed by atoms with van der Waals surface area (Å²) in [4.78, 5) is 44.1. The van der Waals surface area contributed by atoms with Gasteiger partial charge in [-0.05, 0) is 54.6 Å². The quantitative estimate of drug-likeness (QED) is 0.410. The monoisotopic (exact) mass is 595 g/mol. The third kappa shape index (κ3) is 7.83. The molecule has 0 aromatic heterocycles. The lowest BCUT2D eigenvalue weighted by molar-refractivity contribution is -0.145. The van der Waals surface area contributed by atoms with E-state index in [1.54, 1.807) is 30.3 Å². The molecule has 2 aliphatic rings. The molecule has 12 heteroatoms. The SMILES string of the molecule is O=C(C[C@@H]1C(=O)NCCN1C(=O)CN1CCN(c2cccc(C(F)(F)F)c2)CC1)Nc1ccc(Oc2ccccc2)cc1. The maximum atomic E-state index is 13.3. The Morgan fingerprint density at radius 2 is 1.58 bits per heavy atom. The van der Waals surface area contributed by atoms with E-state index in [1.165, 1.54) is 11.0 Å². The van der Waals surface area contributed by atoms with Gasteiger partial charge >= 0.3 is 6.18 Å². The highest BCUT2D eigenvalue weighted by molar-refractivity contribution is 5.97. The van der Waals surface area contributed by atoms with Gasteiger partial charge in [-0.1, -0.05) is 24.3 Å². The molecule has 2 saturated heterocycles. The number of hydrogen-bond acceptors (Lipinski definition) is 6. The lowest BCUT2D eigenvalue weighted by Crippen LogP contribution is -2.60. The highest BCUT2D eigenvalue weighted by atomic mass is 19.4. The Morgan fingerprint density at radius 1 is 0.884 bits per heavy atom. The number of piperazine rings is 2. The molecular weight excluding hydrogens is 563 g/mol. The largest absolute Gasteiger partial charge is 0.457 e. The first-order valence-corrected chi connectivity index (χ1v) is 14.0. The van der Waals surface area contributed by atoms with Crippen molar-refractivity contribution in [3.05, 3.63) is 84.4 Å². The fraction of sp³-hybridized carbons (Fsp3) is 0.323. The van der Waals surface area contributed by atoms with Gasteiger partial charge in [-0.15, -0.1) is 0 Å². The summed E-state index contributed by atoms with van der Waals surface area (Å²) in [5.41, 5.74) is 0.311. The van der Waals surface area contributed by atoms with Gasteiger partial charge in [0.05, 0.1) is 18.5 Å². The van der Waals surface area contributed by atoms with E-state index in [9.17, 15) is 27.6 Å². The van der Waals surface area contributed by atoms with Gasteiger partial charge < -0.3 is 25.2 Å². The molecule has 3 aromatic carbocycles. The van der Waals surface area contributed by atoms with Crippen LogP contribution in [0.5, 0.6) is 11.5 Å². The molecule has 2 aliphatic heterocycles. The maximum absolute atomic E-state index is 13.3. The van der Waals surface area contributed by atoms with Crippen molar-refractivity contribution in [3.8, 4) is 11.5 Å². The molecule has 3 aromatic rings. The van der Waals surface area contributed by atoms with E-state index in [0.29, 0.717) is 49.1 Å². The van der Waals surface area contributed by atoms with Crippen LogP contribution in [0.4, 0.5) is 24.5 Å². The van der Waals surface area contributed by atoms with E-state index >= 15 is 0 Å². The van der Waals surface area contributed by atoms with Crippen LogP contribution in [0.1, 0.15) is 12.0 Å². The number of anilines is 2. The smallest absolute Gasteiger partial charge is 0.416 e. The first kappa shape index (κ1) is 29.9. The molecule has 2 fully saturated rings. The maximum Gasteiger partial charge on any atom is 0.416 e. The standard InChI is InChI=1S/C31H32F3N5O4/c32-31(33,34)22-5-4-6-24(19-22)38-17-15-37(16-18-38)21-29(41)39-14-13-35-30(42)27(39)20-28(40)36-23-9-11-26(12-10-23)43-25-7-2-1-3-8-25/h1-12,19,27H,13-18,20-21H2,(H,35,42)(H,36,40)/t27-/m1/s1. The Kier molecular flexibility index (Phi) is 9.15. The molecule has 226 valence electrons. The van der Waals surface area contributed by atoms with Gasteiger partial charge in [0.1, 0.15) is 17.5 Å². The zero-order chi connectivity index (χ0) is 30.4. The summed E-state index contributed by atoms with van der Waals surface area (Å²) < 4.78 is 45.1. The fourth-order valence-electron chi connectivity index (χ4n) is 5.16. The van der Waals surface area contributed by atoms with Crippen molar-refractivity contribution < 1.29 is 32.3 Å². The van der Waals surface area contributed by atoms with Crippen LogP contribution in [0.15, 0.2) is 78.9 Å². The van der Waals surface area contributed by atoms with Crippen LogP contribution >= 0.6 is 0 Å². The van der Waals surface area contributed by atoms with E-state index < -0.39 is 29.6 Å². The van der Waals surface area contributed by atoms with Gasteiger partial charge in [-0.3, -0.25) is 19.3 Å². The average molecular weight is 596 g/mol. The second kappa shape index (κ2) is 13.2. The number of nitrogens with one attached hydrogen (secondary N) is 2. The van der Waals surface area contributed by atoms with Crippen molar-refractivity contribution >= 4 is 29.1 Å². The predicted molar refractivity (Wildman–Crippen MR) is 155 cm³/mol. The molecule has 0 spiro atoms. The lowest BCUT2D eigenvalue weighted by atomic mass is 10.1. The number of ether oxygens (including phenoxy) is 1. The Labute approximate surface area is 247 Å². The summed E-state index contributed by atoms with van der Waals surface area (Å²) >= 11 is 0. The van der Waals surface area contributed by atoms with Gasteiger partial charge in [0.25, 0.3) is 0 Å². The molecule has 0 unspecified atom stereocenters. The Balaban J connectivity index is 1.13. The molecule has 3 amide bonds. The number of rotatable bonds is 8. The van der Waals surface area contributed by atoms with Crippen LogP contribution < -0.4 is 20.3 Å². The Hall–Kier alpha value is -4.58. The van der Waals surface area contributed by atoms with Crippen LogP contribution in [-0.2, 0) is 20.6 Å². The van der Waals surface area contributed by atoms with E-state index in [1.807, 2.05) is 40.1 Å². The number of nitrogens with zero attached hydrogens (tertiary/aromatic N) is 3.